The molecule has 0 aliphatic carbocycles. The molecule has 0 fully saturated rings. The fourth-order valence-electron chi connectivity index (χ4n) is 4.57. The minimum absolute atomic E-state index is 0.161. The molecule has 196 valence electrons. The van der Waals surface area contributed by atoms with Gasteiger partial charge in [0.25, 0.3) is 5.56 Å². The zero-order valence-corrected chi connectivity index (χ0v) is 22.0. The average molecular weight is 525 g/mol. The Labute approximate surface area is 221 Å². The van der Waals surface area contributed by atoms with E-state index in [0.717, 1.165) is 55.0 Å². The van der Waals surface area contributed by atoms with Gasteiger partial charge in [-0.3, -0.25) is 4.79 Å². The van der Waals surface area contributed by atoms with Crippen LogP contribution in [0.2, 0.25) is 0 Å². The van der Waals surface area contributed by atoms with Gasteiger partial charge < -0.3 is 39.0 Å². The standard InChI is InChI=1S/C27H32N4O5S/c1-3-30(4-2)9-5-8-28-27(37)31(14-18-6-7-22-23(10-18)34-16-33-22)15-20-11-19-12-24-25(36-17-35-24)13-21(19)29-26(20)32/h6-7,10-13H,3-5,8-9,14-17H2,1-2H3,(H,28,37)(H,29,32). The lowest BCUT2D eigenvalue weighted by Gasteiger charge is -2.26. The molecule has 2 aliphatic heterocycles. The fraction of sp³-hybridized carbons (Fsp3) is 0.407. The average Bonchev–Trinajstić information content (AvgIpc) is 3.56. The summed E-state index contributed by atoms with van der Waals surface area (Å²) in [5.74, 6) is 2.76. The van der Waals surface area contributed by atoms with Gasteiger partial charge in [-0.2, -0.15) is 0 Å². The lowest BCUT2D eigenvalue weighted by atomic mass is 10.1. The Balaban J connectivity index is 1.35. The van der Waals surface area contributed by atoms with E-state index in [1.807, 2.05) is 35.2 Å². The summed E-state index contributed by atoms with van der Waals surface area (Å²) in [6.07, 6.45) is 0.976. The predicted molar refractivity (Wildman–Crippen MR) is 146 cm³/mol. The van der Waals surface area contributed by atoms with Crippen LogP contribution in [-0.4, -0.2) is 59.7 Å². The first-order valence-corrected chi connectivity index (χ1v) is 13.0. The third kappa shape index (κ3) is 5.75. The maximum atomic E-state index is 13.0. The lowest BCUT2D eigenvalue weighted by molar-refractivity contribution is 0.173. The van der Waals surface area contributed by atoms with E-state index in [2.05, 4.69) is 29.0 Å². The van der Waals surface area contributed by atoms with Gasteiger partial charge in [0.05, 0.1) is 12.1 Å². The molecule has 2 N–H and O–H groups in total. The van der Waals surface area contributed by atoms with E-state index in [1.165, 1.54) is 0 Å². The highest BCUT2D eigenvalue weighted by Gasteiger charge is 2.19. The van der Waals surface area contributed by atoms with Crippen molar-refractivity contribution in [2.24, 2.45) is 0 Å². The van der Waals surface area contributed by atoms with Crippen LogP contribution in [0.3, 0.4) is 0 Å². The smallest absolute Gasteiger partial charge is 0.253 e. The summed E-state index contributed by atoms with van der Waals surface area (Å²) in [5, 5.41) is 4.87. The van der Waals surface area contributed by atoms with Crippen molar-refractivity contribution in [1.29, 1.82) is 0 Å². The molecule has 2 aliphatic rings. The monoisotopic (exact) mass is 524 g/mol. The maximum Gasteiger partial charge on any atom is 0.253 e. The van der Waals surface area contributed by atoms with Crippen LogP contribution in [0.15, 0.2) is 41.2 Å². The molecule has 37 heavy (non-hydrogen) atoms. The van der Waals surface area contributed by atoms with Crippen molar-refractivity contribution < 1.29 is 18.9 Å². The fourth-order valence-corrected chi connectivity index (χ4v) is 4.80. The van der Waals surface area contributed by atoms with E-state index in [1.54, 1.807) is 6.07 Å². The summed E-state index contributed by atoms with van der Waals surface area (Å²) < 4.78 is 22.0. The molecule has 0 amide bonds. The quantitative estimate of drug-likeness (QED) is 0.305. The van der Waals surface area contributed by atoms with Crippen molar-refractivity contribution in [2.75, 3.05) is 39.8 Å². The molecule has 0 saturated carbocycles. The van der Waals surface area contributed by atoms with Crippen LogP contribution >= 0.6 is 12.2 Å². The highest BCUT2D eigenvalue weighted by molar-refractivity contribution is 7.80. The van der Waals surface area contributed by atoms with Crippen molar-refractivity contribution in [2.45, 2.75) is 33.4 Å². The van der Waals surface area contributed by atoms with Gasteiger partial charge in [-0.25, -0.2) is 0 Å². The Morgan fingerprint density at radius 1 is 0.946 bits per heavy atom. The van der Waals surface area contributed by atoms with E-state index in [-0.39, 0.29) is 19.1 Å². The summed E-state index contributed by atoms with van der Waals surface area (Å²) >= 11 is 5.81. The molecule has 10 heteroatoms. The minimum Gasteiger partial charge on any atom is -0.454 e. The number of aromatic nitrogens is 1. The Bertz CT molecular complexity index is 1340. The molecule has 0 radical (unpaired) electrons. The Hall–Kier alpha value is -3.50. The van der Waals surface area contributed by atoms with Crippen LogP contribution in [0, 0.1) is 0 Å². The number of benzene rings is 2. The van der Waals surface area contributed by atoms with Gasteiger partial charge in [0.15, 0.2) is 28.1 Å². The van der Waals surface area contributed by atoms with Gasteiger partial charge in [-0.15, -0.1) is 0 Å². The van der Waals surface area contributed by atoms with Crippen LogP contribution in [0.25, 0.3) is 10.9 Å². The Morgan fingerprint density at radius 2 is 1.65 bits per heavy atom. The van der Waals surface area contributed by atoms with E-state index in [9.17, 15) is 4.79 Å². The van der Waals surface area contributed by atoms with Crippen molar-refractivity contribution in [1.82, 2.24) is 20.1 Å². The molecular weight excluding hydrogens is 492 g/mol. The van der Waals surface area contributed by atoms with Crippen molar-refractivity contribution in [3.05, 3.63) is 57.9 Å². The zero-order valence-electron chi connectivity index (χ0n) is 21.2. The Morgan fingerprint density at radius 3 is 2.41 bits per heavy atom. The summed E-state index contributed by atoms with van der Waals surface area (Å²) in [7, 11) is 0. The second kappa shape index (κ2) is 11.3. The summed E-state index contributed by atoms with van der Waals surface area (Å²) in [6, 6.07) is 11.4. The van der Waals surface area contributed by atoms with E-state index >= 15 is 0 Å². The molecule has 0 unspecified atom stereocenters. The van der Waals surface area contributed by atoms with Crippen LogP contribution in [0.1, 0.15) is 31.4 Å². The lowest BCUT2D eigenvalue weighted by Crippen LogP contribution is -2.41. The van der Waals surface area contributed by atoms with E-state index in [4.69, 9.17) is 31.2 Å². The number of hydrogen-bond donors (Lipinski definition) is 2. The van der Waals surface area contributed by atoms with Crippen LogP contribution in [-0.2, 0) is 13.1 Å². The molecule has 0 spiro atoms. The SMILES string of the molecule is CCN(CC)CCCNC(=S)N(Cc1ccc2c(c1)OCO2)Cc1cc2cc3c(cc2[nH]c1=O)OCO3. The number of H-pyrrole nitrogens is 1. The van der Waals surface area contributed by atoms with E-state index < -0.39 is 0 Å². The molecule has 9 nitrogen and oxygen atoms in total. The van der Waals surface area contributed by atoms with Gasteiger partial charge in [-0.05, 0) is 68.1 Å². The molecular formula is C27H32N4O5S. The summed E-state index contributed by atoms with van der Waals surface area (Å²) in [5.41, 5.74) is 2.17. The highest BCUT2D eigenvalue weighted by atomic mass is 32.1. The number of rotatable bonds is 10. The van der Waals surface area contributed by atoms with Crippen LogP contribution in [0.4, 0.5) is 0 Å². The van der Waals surface area contributed by atoms with Gasteiger partial charge in [-0.1, -0.05) is 19.9 Å². The highest BCUT2D eigenvalue weighted by Crippen LogP contribution is 2.35. The number of nitrogens with one attached hydrogen (secondary N) is 2. The number of aromatic amines is 1. The predicted octanol–water partition coefficient (Wildman–Crippen LogP) is 3.59. The van der Waals surface area contributed by atoms with Gasteiger partial charge in [0.2, 0.25) is 13.6 Å². The van der Waals surface area contributed by atoms with Crippen LogP contribution in [0.5, 0.6) is 23.0 Å². The molecule has 1 aromatic heterocycles. The topological polar surface area (TPSA) is 88.3 Å². The maximum absolute atomic E-state index is 13.0. The first-order valence-electron chi connectivity index (χ1n) is 12.6. The molecule has 3 heterocycles. The number of thiocarbonyl (C=S) groups is 1. The number of ether oxygens (including phenoxy) is 4. The van der Waals surface area contributed by atoms with Crippen molar-refractivity contribution in [3.63, 3.8) is 0 Å². The molecule has 0 saturated heterocycles. The van der Waals surface area contributed by atoms with Crippen molar-refractivity contribution in [3.8, 4) is 23.0 Å². The van der Waals surface area contributed by atoms with Crippen LogP contribution < -0.4 is 29.8 Å². The molecule has 3 aromatic rings. The summed E-state index contributed by atoms with van der Waals surface area (Å²) in [6.45, 7) is 9.42. The first-order chi connectivity index (χ1) is 18.0. The zero-order chi connectivity index (χ0) is 25.8. The number of nitrogens with zero attached hydrogens (tertiary/aromatic N) is 2. The third-order valence-corrected chi connectivity index (χ3v) is 7.10. The largest absolute Gasteiger partial charge is 0.454 e. The third-order valence-electron chi connectivity index (χ3n) is 6.69. The molecule has 5 rings (SSSR count). The number of hydrogen-bond acceptors (Lipinski definition) is 7. The molecule has 0 atom stereocenters. The van der Waals surface area contributed by atoms with Crippen molar-refractivity contribution >= 4 is 28.2 Å². The summed E-state index contributed by atoms with van der Waals surface area (Å²) in [4.78, 5) is 20.4. The molecule has 2 aromatic carbocycles. The molecule has 0 bridgehead atoms. The van der Waals surface area contributed by atoms with Gasteiger partial charge >= 0.3 is 0 Å². The second-order valence-electron chi connectivity index (χ2n) is 9.07. The number of pyridine rings is 1. The number of fused-ring (bicyclic) bond motifs is 3. The second-order valence-corrected chi connectivity index (χ2v) is 9.46. The van der Waals surface area contributed by atoms with Gasteiger partial charge in [0.1, 0.15) is 0 Å². The minimum atomic E-state index is -0.161. The van der Waals surface area contributed by atoms with E-state index in [0.29, 0.717) is 40.8 Å². The first kappa shape index (κ1) is 25.2. The van der Waals surface area contributed by atoms with Gasteiger partial charge in [0, 0.05) is 30.1 Å². The Kier molecular flexibility index (Phi) is 7.66. The normalized spacial score (nSPS) is 13.4.